The summed E-state index contributed by atoms with van der Waals surface area (Å²) in [5.74, 6) is -1.17. The van der Waals surface area contributed by atoms with Crippen molar-refractivity contribution in [2.75, 3.05) is 13.6 Å². The van der Waals surface area contributed by atoms with Crippen LogP contribution in [0.2, 0.25) is 0 Å². The van der Waals surface area contributed by atoms with Gasteiger partial charge in [-0.25, -0.2) is 4.31 Å². The molecule has 0 amide bonds. The lowest BCUT2D eigenvalue weighted by Crippen LogP contribution is -2.27. The number of carboxylic acids is 1. The number of nitrogens with zero attached hydrogens (tertiary/aromatic N) is 1. The van der Waals surface area contributed by atoms with E-state index in [1.165, 1.54) is 7.05 Å². The third kappa shape index (κ3) is 4.07. The molecule has 0 spiro atoms. The Hall–Kier alpha value is -0.460. The van der Waals surface area contributed by atoms with Crippen LogP contribution in [0.1, 0.15) is 0 Å². The molecule has 0 radical (unpaired) electrons. The molecule has 0 aliphatic rings. The Balaban J connectivity index is 3.63. The van der Waals surface area contributed by atoms with E-state index in [2.05, 4.69) is 0 Å². The molecule has 0 aromatic rings. The normalized spacial score (nSPS) is 13.7. The summed E-state index contributed by atoms with van der Waals surface area (Å²) >= 11 is -2.43. The van der Waals surface area contributed by atoms with Gasteiger partial charge in [0.25, 0.3) is 0 Å². The molecule has 0 rings (SSSR count). The third-order valence-corrected chi connectivity index (χ3v) is 1.25. The fourth-order valence-corrected chi connectivity index (χ4v) is 0.459. The first-order valence-electron chi connectivity index (χ1n) is 2.06. The number of carboxylic acid groups (broad SMARTS) is 1. The second-order valence-electron chi connectivity index (χ2n) is 1.40. The van der Waals surface area contributed by atoms with E-state index < -0.39 is 23.8 Å². The lowest BCUT2D eigenvalue weighted by Gasteiger charge is -2.15. The summed E-state index contributed by atoms with van der Waals surface area (Å²) in [6, 6.07) is 0. The molecule has 1 atom stereocenters. The topological polar surface area (TPSA) is 80.7 Å². The first-order valence-corrected chi connectivity index (χ1v) is 3.09. The number of aliphatic carboxylic acids is 1. The summed E-state index contributed by atoms with van der Waals surface area (Å²) in [6.45, 7) is -0.490. The molecule has 0 saturated heterocycles. The maximum atomic E-state index is 9.90. The van der Waals surface area contributed by atoms with Crippen molar-refractivity contribution in [2.45, 2.75) is 0 Å². The Bertz CT molecular complexity index is 136. The van der Waals surface area contributed by atoms with Gasteiger partial charge in [-0.1, -0.05) is 0 Å². The molecule has 5 nitrogen and oxygen atoms in total. The molecule has 9 heavy (non-hydrogen) atoms. The molecular formula is C3H6NO4S-. The van der Waals surface area contributed by atoms with Crippen molar-refractivity contribution in [2.24, 2.45) is 0 Å². The maximum absolute atomic E-state index is 9.90. The van der Waals surface area contributed by atoms with Crippen molar-refractivity contribution in [1.29, 1.82) is 0 Å². The predicted octanol–water partition coefficient (Wildman–Crippen LogP) is -1.20. The van der Waals surface area contributed by atoms with Crippen molar-refractivity contribution in [1.82, 2.24) is 4.31 Å². The van der Waals surface area contributed by atoms with Gasteiger partial charge in [0.15, 0.2) is 0 Å². The van der Waals surface area contributed by atoms with Gasteiger partial charge in [-0.15, -0.1) is 0 Å². The Morgan fingerprint density at radius 3 is 2.44 bits per heavy atom. The minimum absolute atomic E-state index is 0.490. The number of rotatable bonds is 3. The van der Waals surface area contributed by atoms with Gasteiger partial charge in [-0.05, 0) is 7.05 Å². The average molecular weight is 152 g/mol. The van der Waals surface area contributed by atoms with Crippen LogP contribution in [-0.4, -0.2) is 37.7 Å². The molecule has 0 fully saturated rings. The number of likely N-dealkylation sites (N-methyl/N-ethyl adjacent to an activating group) is 1. The van der Waals surface area contributed by atoms with E-state index in [4.69, 9.17) is 5.11 Å². The zero-order valence-electron chi connectivity index (χ0n) is 4.73. The smallest absolute Gasteiger partial charge is 0.318 e. The van der Waals surface area contributed by atoms with Crippen LogP contribution in [0, 0.1) is 0 Å². The zero-order valence-corrected chi connectivity index (χ0v) is 5.55. The van der Waals surface area contributed by atoms with E-state index in [0.717, 1.165) is 0 Å². The standard InChI is InChI=1S/C3H7NO4S/c1-4(9(7)8)2-3(5)6/h2H2,1H3,(H,5,6)(H,7,8)/p-1. The molecule has 0 saturated carbocycles. The summed E-state index contributed by atoms with van der Waals surface area (Å²) in [5, 5.41) is 8.02. The third-order valence-electron chi connectivity index (χ3n) is 0.612. The molecule has 0 heterocycles. The van der Waals surface area contributed by atoms with Crippen molar-refractivity contribution in [3.63, 3.8) is 0 Å². The second-order valence-corrected chi connectivity index (χ2v) is 2.45. The van der Waals surface area contributed by atoms with E-state index in [1.54, 1.807) is 0 Å². The fraction of sp³-hybridized carbons (Fsp3) is 0.667. The number of hydrogen-bond acceptors (Lipinski definition) is 3. The minimum Gasteiger partial charge on any atom is -0.760 e. The molecule has 1 N–H and O–H groups in total. The van der Waals surface area contributed by atoms with Crippen molar-refractivity contribution in [3.05, 3.63) is 0 Å². The van der Waals surface area contributed by atoms with Gasteiger partial charge in [-0.2, -0.15) is 0 Å². The summed E-state index contributed by atoms with van der Waals surface area (Å²) < 4.78 is 20.5. The van der Waals surface area contributed by atoms with Crippen LogP contribution in [0.15, 0.2) is 0 Å². The molecular weight excluding hydrogens is 146 g/mol. The van der Waals surface area contributed by atoms with Gasteiger partial charge in [0.1, 0.15) is 6.54 Å². The highest BCUT2D eigenvalue weighted by Crippen LogP contribution is 1.83. The Morgan fingerprint density at radius 2 is 2.33 bits per heavy atom. The van der Waals surface area contributed by atoms with E-state index in [1.807, 2.05) is 0 Å². The van der Waals surface area contributed by atoms with E-state index in [0.29, 0.717) is 4.31 Å². The second kappa shape index (κ2) is 3.54. The van der Waals surface area contributed by atoms with Gasteiger partial charge >= 0.3 is 5.97 Å². The van der Waals surface area contributed by atoms with Crippen LogP contribution in [0.3, 0.4) is 0 Å². The van der Waals surface area contributed by atoms with Gasteiger partial charge in [-0.3, -0.25) is 9.00 Å². The Morgan fingerprint density at radius 1 is 1.89 bits per heavy atom. The fourth-order valence-electron chi connectivity index (χ4n) is 0.243. The van der Waals surface area contributed by atoms with Crippen molar-refractivity contribution >= 4 is 17.2 Å². The number of carbonyl (C=O) groups is 1. The average Bonchev–Trinajstić information content (AvgIpc) is 1.63. The van der Waals surface area contributed by atoms with Crippen LogP contribution in [0.25, 0.3) is 0 Å². The zero-order chi connectivity index (χ0) is 7.44. The predicted molar refractivity (Wildman–Crippen MR) is 29.2 cm³/mol. The monoisotopic (exact) mass is 152 g/mol. The summed E-state index contributed by atoms with van der Waals surface area (Å²) in [5.41, 5.74) is 0. The largest absolute Gasteiger partial charge is 0.760 e. The van der Waals surface area contributed by atoms with Crippen LogP contribution in [0.5, 0.6) is 0 Å². The first-order chi connectivity index (χ1) is 4.04. The van der Waals surface area contributed by atoms with Crippen LogP contribution in [-0.2, 0) is 16.1 Å². The highest BCUT2D eigenvalue weighted by atomic mass is 32.2. The van der Waals surface area contributed by atoms with Crippen LogP contribution >= 0.6 is 0 Å². The Kier molecular flexibility index (Phi) is 3.36. The molecule has 0 aliphatic carbocycles. The highest BCUT2D eigenvalue weighted by molar-refractivity contribution is 7.76. The van der Waals surface area contributed by atoms with Crippen molar-refractivity contribution < 1.29 is 18.7 Å². The van der Waals surface area contributed by atoms with Crippen LogP contribution < -0.4 is 0 Å². The highest BCUT2D eigenvalue weighted by Gasteiger charge is 2.01. The maximum Gasteiger partial charge on any atom is 0.318 e. The van der Waals surface area contributed by atoms with E-state index >= 15 is 0 Å². The van der Waals surface area contributed by atoms with Gasteiger partial charge in [0, 0.05) is 11.3 Å². The quantitative estimate of drug-likeness (QED) is 0.515. The number of hydrogen-bond donors (Lipinski definition) is 1. The van der Waals surface area contributed by atoms with Gasteiger partial charge in [0.05, 0.1) is 0 Å². The molecule has 54 valence electrons. The molecule has 0 aromatic heterocycles. The molecule has 0 aliphatic heterocycles. The summed E-state index contributed by atoms with van der Waals surface area (Å²) in [4.78, 5) is 9.80. The van der Waals surface area contributed by atoms with Crippen molar-refractivity contribution in [3.8, 4) is 0 Å². The minimum atomic E-state index is -2.43. The van der Waals surface area contributed by atoms with E-state index in [-0.39, 0.29) is 0 Å². The van der Waals surface area contributed by atoms with Gasteiger partial charge in [0.2, 0.25) is 0 Å². The van der Waals surface area contributed by atoms with Crippen LogP contribution in [0.4, 0.5) is 0 Å². The first kappa shape index (κ1) is 8.54. The molecule has 0 aromatic carbocycles. The SMILES string of the molecule is CN(CC(=O)O)S(=O)[O-]. The van der Waals surface area contributed by atoms with Gasteiger partial charge < -0.3 is 9.66 Å². The molecule has 0 bridgehead atoms. The summed E-state index contributed by atoms with van der Waals surface area (Å²) in [7, 11) is 1.18. The summed E-state index contributed by atoms with van der Waals surface area (Å²) in [6.07, 6.45) is 0. The lowest BCUT2D eigenvalue weighted by atomic mass is 10.7. The Labute approximate surface area is 54.7 Å². The lowest BCUT2D eigenvalue weighted by molar-refractivity contribution is -0.137. The molecule has 6 heteroatoms. The van der Waals surface area contributed by atoms with E-state index in [9.17, 15) is 13.6 Å². The molecule has 1 unspecified atom stereocenters.